The van der Waals surface area contributed by atoms with Gasteiger partial charge in [-0.05, 0) is 49.9 Å². The monoisotopic (exact) mass is 719 g/mol. The average Bonchev–Trinajstić information content (AvgIpc) is 3.91. The van der Waals surface area contributed by atoms with E-state index < -0.39 is 135 Å². The summed E-state index contributed by atoms with van der Waals surface area (Å²) in [6.07, 6.45) is -5.34. The zero-order valence-corrected chi connectivity index (χ0v) is 30.8. The van der Waals surface area contributed by atoms with Crippen molar-refractivity contribution in [2.75, 3.05) is 0 Å². The zero-order valence-electron chi connectivity index (χ0n) is 30.8. The maximum absolute atomic E-state index is 13.4. The van der Waals surface area contributed by atoms with Gasteiger partial charge in [0, 0.05) is 49.4 Å². The molecule has 3 saturated heterocycles. The summed E-state index contributed by atoms with van der Waals surface area (Å²) in [5.74, 6) is -7.78. The van der Waals surface area contributed by atoms with Gasteiger partial charge in [0.25, 0.3) is 0 Å². The number of fused-ring (bicyclic) bond motifs is 9. The Morgan fingerprint density at radius 1 is 1.00 bits per heavy atom. The molecule has 20 atom stereocenters. The second kappa shape index (κ2) is 10.4. The van der Waals surface area contributed by atoms with Crippen LogP contribution in [0.2, 0.25) is 0 Å². The number of carbonyl (C=O) groups is 4. The SMILES string of the molecule is CC(=O)O[C@H]1[C@@H]2[C@H]([C@H](C)[C@H]3O[C@]34OC(=O)[C@@](C)(O)[C@]24C)[C@@]2(C)[C@@H](OC(C)=O)CC3C([C@@H](O)[C@@H](N)[C@@]4(O)C[C@@H]5O[C@@H]5[C@H](OC(=O)CC(C)C)[C@]34C)[C@H]12. The predicted octanol–water partition coefficient (Wildman–Crippen LogP) is 0.982. The van der Waals surface area contributed by atoms with Crippen LogP contribution in [0.4, 0.5) is 0 Å². The summed E-state index contributed by atoms with van der Waals surface area (Å²) >= 11 is 0. The maximum Gasteiger partial charge on any atom is 0.341 e. The van der Waals surface area contributed by atoms with E-state index in [2.05, 4.69) is 0 Å². The fraction of sp³-hybridized carbons (Fsp3) is 0.892. The molecule has 5 N–H and O–H groups in total. The van der Waals surface area contributed by atoms with E-state index >= 15 is 0 Å². The molecule has 0 aromatic carbocycles. The van der Waals surface area contributed by atoms with Gasteiger partial charge in [-0.2, -0.15) is 0 Å². The van der Waals surface area contributed by atoms with Crippen molar-refractivity contribution in [1.82, 2.24) is 0 Å². The van der Waals surface area contributed by atoms with Crippen LogP contribution in [0.25, 0.3) is 0 Å². The molecule has 3 heterocycles. The van der Waals surface area contributed by atoms with Crippen molar-refractivity contribution in [3.63, 3.8) is 0 Å². The summed E-state index contributed by atoms with van der Waals surface area (Å²) in [5.41, 5.74) is -0.645. The van der Waals surface area contributed by atoms with E-state index in [0.29, 0.717) is 0 Å². The Bertz CT molecular complexity index is 1580. The van der Waals surface area contributed by atoms with E-state index in [1.807, 2.05) is 34.6 Å². The Morgan fingerprint density at radius 2 is 1.65 bits per heavy atom. The lowest BCUT2D eigenvalue weighted by atomic mass is 9.40. The van der Waals surface area contributed by atoms with E-state index in [1.165, 1.54) is 20.8 Å². The quantitative estimate of drug-likeness (QED) is 0.177. The van der Waals surface area contributed by atoms with Gasteiger partial charge in [-0.15, -0.1) is 0 Å². The summed E-state index contributed by atoms with van der Waals surface area (Å²) in [6, 6.07) is -1.23. The number of carbonyl (C=O) groups excluding carboxylic acids is 4. The lowest BCUT2D eigenvalue weighted by Gasteiger charge is -2.68. The molecule has 5 aliphatic carbocycles. The van der Waals surface area contributed by atoms with Gasteiger partial charge in [0.15, 0.2) is 5.60 Å². The highest BCUT2D eigenvalue weighted by molar-refractivity contribution is 5.84. The summed E-state index contributed by atoms with van der Waals surface area (Å²) < 4.78 is 37.1. The van der Waals surface area contributed by atoms with Crippen LogP contribution in [0, 0.1) is 57.7 Å². The van der Waals surface area contributed by atoms with Crippen LogP contribution in [-0.4, -0.2) is 105 Å². The molecular formula is C37H53NO13. The van der Waals surface area contributed by atoms with E-state index in [-0.39, 0.29) is 31.1 Å². The Balaban J connectivity index is 1.34. The van der Waals surface area contributed by atoms with Gasteiger partial charge in [-0.1, -0.05) is 34.6 Å². The molecular weight excluding hydrogens is 666 g/mol. The number of aliphatic hydroxyl groups excluding tert-OH is 1. The number of ether oxygens (including phenoxy) is 6. The molecule has 8 rings (SSSR count). The van der Waals surface area contributed by atoms with Crippen molar-refractivity contribution >= 4 is 23.9 Å². The topological polar surface area (TPSA) is 217 Å². The zero-order chi connectivity index (χ0) is 37.3. The largest absolute Gasteiger partial charge is 0.462 e. The van der Waals surface area contributed by atoms with Crippen molar-refractivity contribution < 1.29 is 62.9 Å². The summed E-state index contributed by atoms with van der Waals surface area (Å²) in [7, 11) is 0. The maximum atomic E-state index is 13.4. The molecule has 2 unspecified atom stereocenters. The minimum absolute atomic E-state index is 0.00689. The molecule has 0 aromatic rings. The predicted molar refractivity (Wildman–Crippen MR) is 173 cm³/mol. The third-order valence-corrected chi connectivity index (χ3v) is 15.8. The Kier molecular flexibility index (Phi) is 7.30. The number of nitrogens with two attached hydrogens (primary N) is 1. The standard InChI is InChI=1S/C37H53NO13/c1-13(2)10-20(41)49-30-26-18(48-26)12-36(45)28(38)25(42)21-17(33(30,36)7)11-19(46-15(4)39)32(6)22-14(3)29-37(50-29)34(8,35(9,44)31(43)51-37)24(22)27(23(21)32)47-16(5)40/h13-14,17-19,21-30,42,44-45H,10-12,38H2,1-9H3/t14-,17?,18-,19-,21?,22-,23+,24-,25+,26-,27+,28+,29+,30-,32+,33-,34-,35+,36-,37-/m0/s1. The van der Waals surface area contributed by atoms with Crippen molar-refractivity contribution in [2.45, 2.75) is 147 Å². The number of hydrogen-bond acceptors (Lipinski definition) is 14. The molecule has 284 valence electrons. The van der Waals surface area contributed by atoms with Gasteiger partial charge < -0.3 is 49.5 Å². The molecule has 51 heavy (non-hydrogen) atoms. The fourth-order valence-electron chi connectivity index (χ4n) is 13.4. The Morgan fingerprint density at radius 3 is 2.25 bits per heavy atom. The number of epoxide rings is 2. The molecule has 0 radical (unpaired) electrons. The molecule has 8 aliphatic rings. The normalized spacial score (nSPS) is 58.4. The number of hydrogen-bond donors (Lipinski definition) is 4. The lowest BCUT2D eigenvalue weighted by Crippen LogP contribution is -2.80. The number of esters is 4. The summed E-state index contributed by atoms with van der Waals surface area (Å²) in [4.78, 5) is 53.0. The van der Waals surface area contributed by atoms with Gasteiger partial charge in [0.05, 0.1) is 29.3 Å². The highest BCUT2D eigenvalue weighted by Crippen LogP contribution is 2.81. The van der Waals surface area contributed by atoms with Crippen LogP contribution in [0.1, 0.15) is 81.6 Å². The highest BCUT2D eigenvalue weighted by Gasteiger charge is 2.93. The van der Waals surface area contributed by atoms with E-state index in [1.54, 1.807) is 6.92 Å². The summed E-state index contributed by atoms with van der Waals surface area (Å²) in [6.45, 7) is 15.3. The van der Waals surface area contributed by atoms with Gasteiger partial charge in [-0.25, -0.2) is 4.79 Å². The highest BCUT2D eigenvalue weighted by atomic mass is 16.8. The van der Waals surface area contributed by atoms with Crippen LogP contribution in [0.15, 0.2) is 0 Å². The molecule has 5 saturated carbocycles. The third kappa shape index (κ3) is 3.99. The minimum atomic E-state index is -2.06. The number of aliphatic hydroxyl groups is 3. The van der Waals surface area contributed by atoms with E-state index in [0.717, 1.165) is 0 Å². The number of rotatable bonds is 5. The molecule has 0 aromatic heterocycles. The minimum Gasteiger partial charge on any atom is -0.462 e. The van der Waals surface area contributed by atoms with Crippen molar-refractivity contribution in [2.24, 2.45) is 63.4 Å². The first-order chi connectivity index (χ1) is 23.5. The van der Waals surface area contributed by atoms with E-state index in [9.17, 15) is 34.5 Å². The Hall–Kier alpha value is -2.36. The smallest absolute Gasteiger partial charge is 0.341 e. The molecule has 3 aliphatic heterocycles. The Labute approximate surface area is 297 Å². The second-order valence-corrected chi connectivity index (χ2v) is 18.3. The van der Waals surface area contributed by atoms with Crippen LogP contribution in [-0.2, 0) is 47.6 Å². The molecule has 0 bridgehead atoms. The molecule has 8 fully saturated rings. The van der Waals surface area contributed by atoms with Crippen molar-refractivity contribution in [3.05, 3.63) is 0 Å². The van der Waals surface area contributed by atoms with Crippen LogP contribution in [0.3, 0.4) is 0 Å². The first-order valence-electron chi connectivity index (χ1n) is 18.5. The second-order valence-electron chi connectivity index (χ2n) is 18.3. The van der Waals surface area contributed by atoms with Crippen molar-refractivity contribution in [1.29, 1.82) is 0 Å². The first kappa shape index (κ1) is 35.7. The van der Waals surface area contributed by atoms with E-state index in [4.69, 9.17) is 34.2 Å². The fourth-order valence-corrected chi connectivity index (χ4v) is 13.4. The molecule has 0 amide bonds. The van der Waals surface area contributed by atoms with Crippen molar-refractivity contribution in [3.8, 4) is 0 Å². The average molecular weight is 720 g/mol. The third-order valence-electron chi connectivity index (χ3n) is 15.8. The van der Waals surface area contributed by atoms with Crippen LogP contribution in [0.5, 0.6) is 0 Å². The van der Waals surface area contributed by atoms with Gasteiger partial charge >= 0.3 is 23.9 Å². The van der Waals surface area contributed by atoms with Gasteiger partial charge in [0.1, 0.15) is 30.5 Å². The molecule has 1 spiro atoms. The molecule has 14 nitrogen and oxygen atoms in total. The molecule has 14 heteroatoms. The van der Waals surface area contributed by atoms with Gasteiger partial charge in [0.2, 0.25) is 5.79 Å². The van der Waals surface area contributed by atoms with Crippen LogP contribution >= 0.6 is 0 Å². The lowest BCUT2D eigenvalue weighted by molar-refractivity contribution is -0.292. The van der Waals surface area contributed by atoms with Gasteiger partial charge in [-0.3, -0.25) is 14.4 Å². The summed E-state index contributed by atoms with van der Waals surface area (Å²) in [5, 5.41) is 37.3. The first-order valence-corrected chi connectivity index (χ1v) is 18.5. The van der Waals surface area contributed by atoms with Crippen LogP contribution < -0.4 is 5.73 Å².